The zero-order chi connectivity index (χ0) is 34.2. The van der Waals surface area contributed by atoms with Crippen molar-refractivity contribution < 1.29 is 0 Å². The highest BCUT2D eigenvalue weighted by molar-refractivity contribution is 6.09. The van der Waals surface area contributed by atoms with E-state index in [1.807, 2.05) is 0 Å². The molecule has 0 aliphatic heterocycles. The number of benzene rings is 9. The molecule has 1 nitrogen and oxygen atoms in total. The molecule has 0 fully saturated rings. The zero-order valence-corrected chi connectivity index (χ0v) is 28.5. The average Bonchev–Trinajstić information content (AvgIpc) is 3.69. The summed E-state index contributed by atoms with van der Waals surface area (Å²) in [5, 5.41) is 5.12. The van der Waals surface area contributed by atoms with Crippen molar-refractivity contribution >= 4 is 38.6 Å². The van der Waals surface area contributed by atoms with Crippen molar-refractivity contribution in [1.82, 2.24) is 0 Å². The van der Waals surface area contributed by atoms with E-state index < -0.39 is 5.41 Å². The molecule has 0 amide bonds. The Kier molecular flexibility index (Phi) is 6.23. The van der Waals surface area contributed by atoms with Crippen LogP contribution >= 0.6 is 0 Å². The van der Waals surface area contributed by atoms with E-state index in [0.717, 1.165) is 17.1 Å². The smallest absolute Gasteiger partial charge is 0.0737 e. The van der Waals surface area contributed by atoms with Crippen LogP contribution in [0.15, 0.2) is 200 Å². The van der Waals surface area contributed by atoms with Gasteiger partial charge >= 0.3 is 0 Å². The zero-order valence-electron chi connectivity index (χ0n) is 28.5. The fraction of sp³-hybridized carbons (Fsp3) is 0.0196. The molecule has 242 valence electrons. The van der Waals surface area contributed by atoms with Crippen LogP contribution in [0.25, 0.3) is 54.9 Å². The number of nitrogens with zero attached hydrogens (tertiary/aromatic N) is 1. The Balaban J connectivity index is 1.16. The minimum absolute atomic E-state index is 0.438. The quantitative estimate of drug-likeness (QED) is 0.182. The van der Waals surface area contributed by atoms with Crippen molar-refractivity contribution in [2.24, 2.45) is 0 Å². The Morgan fingerprint density at radius 2 is 0.808 bits per heavy atom. The van der Waals surface area contributed by atoms with E-state index >= 15 is 0 Å². The summed E-state index contributed by atoms with van der Waals surface area (Å²) in [5.41, 5.74) is 16.2. The van der Waals surface area contributed by atoms with Crippen LogP contribution < -0.4 is 4.90 Å². The van der Waals surface area contributed by atoms with E-state index in [1.165, 1.54) is 77.2 Å². The van der Waals surface area contributed by atoms with Crippen molar-refractivity contribution in [3.05, 3.63) is 222 Å². The van der Waals surface area contributed by atoms with Gasteiger partial charge in [-0.15, -0.1) is 0 Å². The van der Waals surface area contributed by atoms with Crippen molar-refractivity contribution in [3.8, 4) is 33.4 Å². The Morgan fingerprint density at radius 1 is 0.308 bits per heavy atom. The number of anilines is 3. The van der Waals surface area contributed by atoms with Crippen LogP contribution in [0.5, 0.6) is 0 Å². The van der Waals surface area contributed by atoms with Crippen LogP contribution in [0.4, 0.5) is 17.1 Å². The number of hydrogen-bond acceptors (Lipinski definition) is 1. The summed E-state index contributed by atoms with van der Waals surface area (Å²) in [5.74, 6) is 0. The van der Waals surface area contributed by atoms with E-state index in [-0.39, 0.29) is 0 Å². The predicted octanol–water partition coefficient (Wildman–Crippen LogP) is 13.5. The fourth-order valence-corrected chi connectivity index (χ4v) is 9.34. The van der Waals surface area contributed by atoms with Crippen molar-refractivity contribution in [2.75, 3.05) is 4.90 Å². The van der Waals surface area contributed by atoms with Crippen molar-refractivity contribution in [2.45, 2.75) is 5.41 Å². The number of rotatable bonds is 4. The van der Waals surface area contributed by atoms with Gasteiger partial charge in [0.05, 0.1) is 5.41 Å². The van der Waals surface area contributed by atoms with Gasteiger partial charge in [-0.1, -0.05) is 164 Å². The second-order valence-electron chi connectivity index (χ2n) is 14.0. The van der Waals surface area contributed by atoms with Gasteiger partial charge in [0.25, 0.3) is 0 Å². The SMILES string of the molecule is c1ccc(-c2ccc(N(c3ccccc3)c3ccc4c5c(ccc4c3)-c3ccc4ccccc4c3C53c4ccccc4-c4ccccc43)cc2)cc1. The molecule has 52 heavy (non-hydrogen) atoms. The van der Waals surface area contributed by atoms with E-state index in [4.69, 9.17) is 0 Å². The second-order valence-corrected chi connectivity index (χ2v) is 14.0. The molecule has 1 spiro atoms. The highest BCUT2D eigenvalue weighted by atomic mass is 15.1. The van der Waals surface area contributed by atoms with Crippen molar-refractivity contribution in [1.29, 1.82) is 0 Å². The van der Waals surface area contributed by atoms with Gasteiger partial charge in [0.15, 0.2) is 0 Å². The van der Waals surface area contributed by atoms with Gasteiger partial charge < -0.3 is 4.90 Å². The highest BCUT2D eigenvalue weighted by Crippen LogP contribution is 2.65. The molecule has 0 saturated heterocycles. The molecular formula is C51H33N. The Morgan fingerprint density at radius 3 is 1.50 bits per heavy atom. The minimum Gasteiger partial charge on any atom is -0.310 e. The molecule has 2 aliphatic carbocycles. The number of fused-ring (bicyclic) bond motifs is 14. The molecule has 0 bridgehead atoms. The van der Waals surface area contributed by atoms with E-state index in [2.05, 4.69) is 205 Å². The summed E-state index contributed by atoms with van der Waals surface area (Å²) in [6.07, 6.45) is 0. The predicted molar refractivity (Wildman–Crippen MR) is 218 cm³/mol. The molecule has 0 radical (unpaired) electrons. The van der Waals surface area contributed by atoms with Gasteiger partial charge in [0.2, 0.25) is 0 Å². The van der Waals surface area contributed by atoms with Crippen LogP contribution in [-0.2, 0) is 5.41 Å². The Bertz CT molecular complexity index is 2790. The lowest BCUT2D eigenvalue weighted by Crippen LogP contribution is -2.26. The van der Waals surface area contributed by atoms with Crippen LogP contribution in [0.1, 0.15) is 22.3 Å². The maximum Gasteiger partial charge on any atom is 0.0737 e. The third-order valence-electron chi connectivity index (χ3n) is 11.4. The first-order valence-electron chi connectivity index (χ1n) is 18.1. The van der Waals surface area contributed by atoms with E-state index in [1.54, 1.807) is 0 Å². The molecule has 0 saturated carbocycles. The summed E-state index contributed by atoms with van der Waals surface area (Å²) in [7, 11) is 0. The maximum absolute atomic E-state index is 2.39. The molecule has 9 aromatic rings. The lowest BCUT2D eigenvalue weighted by Gasteiger charge is -2.32. The largest absolute Gasteiger partial charge is 0.310 e. The van der Waals surface area contributed by atoms with Crippen molar-refractivity contribution in [3.63, 3.8) is 0 Å². The molecule has 0 heterocycles. The highest BCUT2D eigenvalue weighted by Gasteiger charge is 2.53. The fourth-order valence-electron chi connectivity index (χ4n) is 9.34. The molecule has 11 rings (SSSR count). The van der Waals surface area contributed by atoms with Crippen LogP contribution in [-0.4, -0.2) is 0 Å². The van der Waals surface area contributed by atoms with Crippen LogP contribution in [0.2, 0.25) is 0 Å². The van der Waals surface area contributed by atoms with Gasteiger partial charge in [-0.3, -0.25) is 0 Å². The van der Waals surface area contributed by atoms with E-state index in [9.17, 15) is 0 Å². The molecular weight excluding hydrogens is 627 g/mol. The van der Waals surface area contributed by atoms with Gasteiger partial charge in [0, 0.05) is 17.1 Å². The van der Waals surface area contributed by atoms with E-state index in [0.29, 0.717) is 0 Å². The monoisotopic (exact) mass is 659 g/mol. The number of hydrogen-bond donors (Lipinski definition) is 0. The molecule has 0 atom stereocenters. The van der Waals surface area contributed by atoms with Gasteiger partial charge in [-0.05, 0) is 114 Å². The van der Waals surface area contributed by atoms with Crippen LogP contribution in [0.3, 0.4) is 0 Å². The van der Waals surface area contributed by atoms with Gasteiger partial charge in [-0.25, -0.2) is 0 Å². The van der Waals surface area contributed by atoms with Gasteiger partial charge in [0.1, 0.15) is 0 Å². The number of para-hydroxylation sites is 1. The summed E-state index contributed by atoms with van der Waals surface area (Å²) >= 11 is 0. The normalized spacial score (nSPS) is 13.2. The lowest BCUT2D eigenvalue weighted by molar-refractivity contribution is 0.809. The molecule has 0 unspecified atom stereocenters. The molecule has 0 aromatic heterocycles. The second kappa shape index (κ2) is 11.2. The van der Waals surface area contributed by atoms with Gasteiger partial charge in [-0.2, -0.15) is 0 Å². The molecule has 9 aromatic carbocycles. The molecule has 0 N–H and O–H groups in total. The molecule has 2 aliphatic rings. The standard InChI is InChI=1S/C51H33N/c1-3-13-34(14-4-1)35-23-27-39(28-24-35)52(38-16-5-2-6-17-38)40-29-32-42-37(33-40)26-31-46-45-30-25-36-15-7-8-18-41(36)49(45)51(50(42)46)47-21-11-9-19-43(47)44-20-10-12-22-48(44)51/h1-33H. The van der Waals surface area contributed by atoms with Crippen LogP contribution in [0, 0.1) is 0 Å². The lowest BCUT2D eigenvalue weighted by atomic mass is 9.68. The Hall–Kier alpha value is -6.70. The first-order chi connectivity index (χ1) is 25.8. The first-order valence-corrected chi connectivity index (χ1v) is 18.1. The summed E-state index contributed by atoms with van der Waals surface area (Å²) < 4.78 is 0. The Labute approximate surface area is 303 Å². The summed E-state index contributed by atoms with van der Waals surface area (Å²) in [4.78, 5) is 2.37. The maximum atomic E-state index is 2.39. The third kappa shape index (κ3) is 3.99. The topological polar surface area (TPSA) is 3.24 Å². The summed E-state index contributed by atoms with van der Waals surface area (Å²) in [6.45, 7) is 0. The average molecular weight is 660 g/mol. The third-order valence-corrected chi connectivity index (χ3v) is 11.4. The first kappa shape index (κ1) is 29.1. The molecule has 1 heteroatoms. The summed E-state index contributed by atoms with van der Waals surface area (Å²) in [6, 6.07) is 73.9. The minimum atomic E-state index is -0.438.